The number of fused-ring (bicyclic) bond motifs is 1. The molecule has 0 saturated carbocycles. The maximum atomic E-state index is 11.8. The Hall–Kier alpha value is -1.66. The fourth-order valence-electron chi connectivity index (χ4n) is 1.94. The maximum Gasteiger partial charge on any atom is 0.316 e. The number of rotatable bonds is 8. The highest BCUT2D eigenvalue weighted by Crippen LogP contribution is 2.27. The summed E-state index contributed by atoms with van der Waals surface area (Å²) in [5.41, 5.74) is 3.44. The highest BCUT2D eigenvalue weighted by Gasteiger charge is 2.08. The van der Waals surface area contributed by atoms with Crippen molar-refractivity contribution in [1.82, 2.24) is 9.97 Å². The summed E-state index contributed by atoms with van der Waals surface area (Å²) < 4.78 is 6.09. The average molecular weight is 363 g/mol. The predicted octanol–water partition coefficient (Wildman–Crippen LogP) is 5.02. The van der Waals surface area contributed by atoms with Gasteiger partial charge in [-0.05, 0) is 51.8 Å². The molecule has 0 atom stereocenters. The van der Waals surface area contributed by atoms with Crippen molar-refractivity contribution in [3.05, 3.63) is 41.6 Å². The summed E-state index contributed by atoms with van der Waals surface area (Å²) in [6, 6.07) is 3.78. The zero-order chi connectivity index (χ0) is 17.4. The van der Waals surface area contributed by atoms with Crippen LogP contribution in [0.3, 0.4) is 0 Å². The molecule has 2 aromatic rings. The molecule has 0 aliphatic heterocycles. The van der Waals surface area contributed by atoms with Crippen molar-refractivity contribution in [2.45, 2.75) is 38.0 Å². The number of allylic oxidation sites excluding steroid dienone is 3. The number of aromatic nitrogens is 2. The Morgan fingerprint density at radius 3 is 2.92 bits per heavy atom. The summed E-state index contributed by atoms with van der Waals surface area (Å²) in [5, 5.41) is 0. The molecule has 0 unspecified atom stereocenters. The monoisotopic (exact) mass is 362 g/mol. The fraction of sp³-hybridized carbons (Fsp3) is 0.389. The van der Waals surface area contributed by atoms with E-state index in [2.05, 4.69) is 36.8 Å². The van der Waals surface area contributed by atoms with Crippen LogP contribution < -0.4 is 0 Å². The molecular formula is C18H22N2O2S2. The zero-order valence-corrected chi connectivity index (χ0v) is 15.9. The zero-order valence-electron chi connectivity index (χ0n) is 14.2. The third kappa shape index (κ3) is 6.45. The summed E-state index contributed by atoms with van der Waals surface area (Å²) in [7, 11) is 0. The molecule has 4 nitrogen and oxygen atoms in total. The van der Waals surface area contributed by atoms with E-state index in [0.717, 1.165) is 27.5 Å². The van der Waals surface area contributed by atoms with E-state index in [1.54, 1.807) is 6.20 Å². The average Bonchev–Trinajstić information content (AvgIpc) is 2.95. The Labute approximate surface area is 151 Å². The van der Waals surface area contributed by atoms with Crippen LogP contribution in [0, 0.1) is 0 Å². The summed E-state index contributed by atoms with van der Waals surface area (Å²) in [6.07, 6.45) is 7.96. The standard InChI is InChI=1S/C18H22N2O2S2/c1-13(2)6-4-7-14(3)9-11-22-16(21)12-23-18-20-15-8-5-10-19-17(15)24-18/h5-6,8-10H,4,7,11-12H2,1-3H3. The molecule has 0 amide bonds. The second-order valence-electron chi connectivity index (χ2n) is 5.65. The summed E-state index contributed by atoms with van der Waals surface area (Å²) >= 11 is 2.89. The van der Waals surface area contributed by atoms with Crippen LogP contribution >= 0.6 is 23.1 Å². The van der Waals surface area contributed by atoms with Gasteiger partial charge in [0.15, 0.2) is 4.34 Å². The van der Waals surface area contributed by atoms with E-state index in [0.29, 0.717) is 6.61 Å². The van der Waals surface area contributed by atoms with Gasteiger partial charge in [-0.25, -0.2) is 9.97 Å². The number of esters is 1. The second-order valence-corrected chi connectivity index (χ2v) is 7.85. The molecular weight excluding hydrogens is 340 g/mol. The first-order chi connectivity index (χ1) is 11.5. The van der Waals surface area contributed by atoms with Gasteiger partial charge in [-0.2, -0.15) is 0 Å². The van der Waals surface area contributed by atoms with Crippen LogP contribution in [0.4, 0.5) is 0 Å². The lowest BCUT2D eigenvalue weighted by atomic mass is 10.1. The molecule has 128 valence electrons. The van der Waals surface area contributed by atoms with Gasteiger partial charge in [0.05, 0.1) is 5.75 Å². The van der Waals surface area contributed by atoms with Gasteiger partial charge in [0.2, 0.25) is 0 Å². The summed E-state index contributed by atoms with van der Waals surface area (Å²) in [5.74, 6) is 0.0466. The summed E-state index contributed by atoms with van der Waals surface area (Å²) in [4.78, 5) is 21.4. The molecule has 2 aromatic heterocycles. The minimum absolute atomic E-state index is 0.222. The molecule has 0 radical (unpaired) electrons. The highest BCUT2D eigenvalue weighted by atomic mass is 32.2. The Morgan fingerprint density at radius 1 is 1.33 bits per heavy atom. The van der Waals surface area contributed by atoms with Gasteiger partial charge < -0.3 is 4.74 Å². The van der Waals surface area contributed by atoms with Crippen molar-refractivity contribution in [2.24, 2.45) is 0 Å². The molecule has 2 heterocycles. The third-order valence-electron chi connectivity index (χ3n) is 3.23. The van der Waals surface area contributed by atoms with Gasteiger partial charge in [-0.3, -0.25) is 4.79 Å². The molecule has 0 N–H and O–H groups in total. The molecule has 0 spiro atoms. The predicted molar refractivity (Wildman–Crippen MR) is 102 cm³/mol. The molecule has 0 bridgehead atoms. The number of thioether (sulfide) groups is 1. The van der Waals surface area contributed by atoms with Crippen molar-refractivity contribution >= 4 is 39.4 Å². The molecule has 2 rings (SSSR count). The van der Waals surface area contributed by atoms with Crippen LogP contribution in [-0.4, -0.2) is 28.3 Å². The minimum atomic E-state index is -0.222. The van der Waals surface area contributed by atoms with Crippen LogP contribution in [-0.2, 0) is 9.53 Å². The van der Waals surface area contributed by atoms with E-state index in [1.165, 1.54) is 34.2 Å². The van der Waals surface area contributed by atoms with Crippen LogP contribution in [0.25, 0.3) is 10.3 Å². The first kappa shape index (κ1) is 18.7. The number of carbonyl (C=O) groups excluding carboxylic acids is 1. The first-order valence-corrected chi connectivity index (χ1v) is 9.64. The highest BCUT2D eigenvalue weighted by molar-refractivity contribution is 8.01. The molecule has 0 saturated heterocycles. The van der Waals surface area contributed by atoms with E-state index in [-0.39, 0.29) is 11.7 Å². The lowest BCUT2D eigenvalue weighted by Gasteiger charge is -2.02. The van der Waals surface area contributed by atoms with Crippen LogP contribution in [0.15, 0.2) is 46.0 Å². The van der Waals surface area contributed by atoms with Crippen molar-refractivity contribution in [3.63, 3.8) is 0 Å². The molecule has 24 heavy (non-hydrogen) atoms. The first-order valence-electron chi connectivity index (χ1n) is 7.83. The summed E-state index contributed by atoms with van der Waals surface area (Å²) in [6.45, 7) is 6.59. The van der Waals surface area contributed by atoms with Gasteiger partial charge in [-0.15, -0.1) is 0 Å². The number of thiazole rings is 1. The van der Waals surface area contributed by atoms with Crippen LogP contribution in [0.1, 0.15) is 33.6 Å². The third-order valence-corrected chi connectivity index (χ3v) is 5.32. The Balaban J connectivity index is 1.70. The maximum absolute atomic E-state index is 11.8. The number of hydrogen-bond acceptors (Lipinski definition) is 6. The lowest BCUT2D eigenvalue weighted by Crippen LogP contribution is -2.07. The molecule has 6 heteroatoms. The molecule has 0 aliphatic carbocycles. The largest absolute Gasteiger partial charge is 0.461 e. The number of nitrogens with zero attached hydrogens (tertiary/aromatic N) is 2. The van der Waals surface area contributed by atoms with Crippen LogP contribution in [0.5, 0.6) is 0 Å². The van der Waals surface area contributed by atoms with Gasteiger partial charge in [-0.1, -0.05) is 40.3 Å². The molecule has 0 aromatic carbocycles. The minimum Gasteiger partial charge on any atom is -0.461 e. The van der Waals surface area contributed by atoms with Gasteiger partial charge >= 0.3 is 5.97 Å². The quantitative estimate of drug-likeness (QED) is 0.375. The molecule has 0 fully saturated rings. The van der Waals surface area contributed by atoms with Crippen molar-refractivity contribution in [1.29, 1.82) is 0 Å². The number of pyridine rings is 1. The number of ether oxygens (including phenoxy) is 1. The van der Waals surface area contributed by atoms with E-state index >= 15 is 0 Å². The van der Waals surface area contributed by atoms with Gasteiger partial charge in [0.25, 0.3) is 0 Å². The van der Waals surface area contributed by atoms with Gasteiger partial charge in [0, 0.05) is 6.20 Å². The van der Waals surface area contributed by atoms with Crippen LogP contribution in [0.2, 0.25) is 0 Å². The van der Waals surface area contributed by atoms with Gasteiger partial charge in [0.1, 0.15) is 17.0 Å². The lowest BCUT2D eigenvalue weighted by molar-refractivity contribution is -0.139. The van der Waals surface area contributed by atoms with Crippen molar-refractivity contribution in [2.75, 3.05) is 12.4 Å². The second kappa shape index (κ2) is 9.59. The van der Waals surface area contributed by atoms with E-state index in [9.17, 15) is 4.79 Å². The van der Waals surface area contributed by atoms with E-state index in [1.807, 2.05) is 18.2 Å². The molecule has 0 aliphatic rings. The Kier molecular flexibility index (Phi) is 7.46. The number of hydrogen-bond donors (Lipinski definition) is 0. The van der Waals surface area contributed by atoms with Crippen molar-refractivity contribution in [3.8, 4) is 0 Å². The number of carbonyl (C=O) groups is 1. The van der Waals surface area contributed by atoms with E-state index in [4.69, 9.17) is 4.74 Å². The Morgan fingerprint density at radius 2 is 2.17 bits per heavy atom. The van der Waals surface area contributed by atoms with Crippen molar-refractivity contribution < 1.29 is 9.53 Å². The fourth-order valence-corrected chi connectivity index (χ4v) is 3.72. The topological polar surface area (TPSA) is 52.1 Å². The SMILES string of the molecule is CC(C)=CCCC(C)=CCOC(=O)CSc1nc2cccnc2s1. The smallest absolute Gasteiger partial charge is 0.316 e. The normalized spacial score (nSPS) is 11.5. The van der Waals surface area contributed by atoms with E-state index < -0.39 is 0 Å². The Bertz CT molecular complexity index is 713.